The fourth-order valence-corrected chi connectivity index (χ4v) is 1.42. The van der Waals surface area contributed by atoms with Crippen LogP contribution in [0.15, 0.2) is 29.7 Å². The summed E-state index contributed by atoms with van der Waals surface area (Å²) in [6.45, 7) is 0. The Labute approximate surface area is 94.8 Å². The summed E-state index contributed by atoms with van der Waals surface area (Å²) in [5.74, 6) is 0. The van der Waals surface area contributed by atoms with E-state index in [0.717, 1.165) is 30.3 Å². The summed E-state index contributed by atoms with van der Waals surface area (Å²) in [4.78, 5) is 0. The molecule has 0 atom stereocenters. The molecule has 0 saturated heterocycles. The highest BCUT2D eigenvalue weighted by Gasteiger charge is 2.29. The predicted molar refractivity (Wildman–Crippen MR) is 55.3 cm³/mol. The molecule has 16 heavy (non-hydrogen) atoms. The van der Waals surface area contributed by atoms with Crippen LogP contribution in [0.3, 0.4) is 0 Å². The normalized spacial score (nSPS) is 13.2. The Bertz CT molecular complexity index is 488. The van der Waals surface area contributed by atoms with E-state index in [1.54, 1.807) is 0 Å². The van der Waals surface area contributed by atoms with Crippen molar-refractivity contribution in [1.29, 1.82) is 0 Å². The first-order valence-corrected chi connectivity index (χ1v) is 6.36. The molecule has 2 nitrogen and oxygen atoms in total. The molecule has 0 aromatic heterocycles. The summed E-state index contributed by atoms with van der Waals surface area (Å²) in [7, 11) is 1.10. The second kappa shape index (κ2) is 4.47. The van der Waals surface area contributed by atoms with Gasteiger partial charge in [-0.15, -0.1) is 0 Å². The van der Waals surface area contributed by atoms with E-state index in [-0.39, 0.29) is 0 Å². The van der Waals surface area contributed by atoms with Gasteiger partial charge in [-0.25, -0.2) is 8.42 Å². The molecule has 0 radical (unpaired) electrons. The van der Waals surface area contributed by atoms with Crippen molar-refractivity contribution >= 4 is 25.8 Å². The lowest BCUT2D eigenvalue weighted by molar-refractivity contribution is -0.137. The SMILES string of the molecule is O=S(=O)(Cl)C=Cc1ccc(C(F)(F)F)cc1. The zero-order valence-electron chi connectivity index (χ0n) is 7.70. The summed E-state index contributed by atoms with van der Waals surface area (Å²) in [6.07, 6.45) is -3.29. The van der Waals surface area contributed by atoms with Gasteiger partial charge < -0.3 is 0 Å². The van der Waals surface area contributed by atoms with Crippen molar-refractivity contribution < 1.29 is 21.6 Å². The molecular formula is C9H6ClF3O2S. The maximum absolute atomic E-state index is 12.2. The maximum Gasteiger partial charge on any atom is 0.416 e. The van der Waals surface area contributed by atoms with Crippen molar-refractivity contribution in [2.24, 2.45) is 0 Å². The minimum Gasteiger partial charge on any atom is -0.208 e. The molecule has 0 amide bonds. The molecule has 0 unspecified atom stereocenters. The Hall–Kier alpha value is -1.01. The summed E-state index contributed by atoms with van der Waals surface area (Å²) in [6, 6.07) is 4.03. The Morgan fingerprint density at radius 3 is 2.00 bits per heavy atom. The van der Waals surface area contributed by atoms with Crippen LogP contribution in [0.5, 0.6) is 0 Å². The van der Waals surface area contributed by atoms with E-state index in [0.29, 0.717) is 11.0 Å². The van der Waals surface area contributed by atoms with Gasteiger partial charge in [-0.05, 0) is 23.8 Å². The first-order chi connectivity index (χ1) is 7.18. The molecule has 0 aliphatic carbocycles. The quantitative estimate of drug-likeness (QED) is 0.773. The minimum absolute atomic E-state index is 0.317. The highest BCUT2D eigenvalue weighted by molar-refractivity contribution is 8.16. The predicted octanol–water partition coefficient (Wildman–Crippen LogP) is 3.24. The Morgan fingerprint density at radius 2 is 1.62 bits per heavy atom. The van der Waals surface area contributed by atoms with E-state index in [9.17, 15) is 21.6 Å². The zero-order chi connectivity index (χ0) is 12.4. The number of alkyl halides is 3. The topological polar surface area (TPSA) is 34.1 Å². The molecule has 0 N–H and O–H groups in total. The van der Waals surface area contributed by atoms with Crippen LogP contribution in [0.4, 0.5) is 13.2 Å². The molecule has 0 fully saturated rings. The number of halogens is 4. The van der Waals surface area contributed by atoms with Gasteiger partial charge in [-0.1, -0.05) is 12.1 Å². The van der Waals surface area contributed by atoms with Crippen LogP contribution in [-0.4, -0.2) is 8.42 Å². The first-order valence-electron chi connectivity index (χ1n) is 3.98. The maximum atomic E-state index is 12.2. The summed E-state index contributed by atoms with van der Waals surface area (Å²) in [5.41, 5.74) is -0.476. The van der Waals surface area contributed by atoms with Gasteiger partial charge in [-0.3, -0.25) is 0 Å². The van der Waals surface area contributed by atoms with E-state index in [1.165, 1.54) is 0 Å². The largest absolute Gasteiger partial charge is 0.416 e. The third-order valence-electron chi connectivity index (χ3n) is 1.66. The lowest BCUT2D eigenvalue weighted by Crippen LogP contribution is -2.03. The van der Waals surface area contributed by atoms with E-state index < -0.39 is 20.8 Å². The first kappa shape index (κ1) is 13.1. The van der Waals surface area contributed by atoms with E-state index in [1.807, 2.05) is 0 Å². The summed E-state index contributed by atoms with van der Waals surface area (Å²) >= 11 is 0. The van der Waals surface area contributed by atoms with Gasteiger partial charge in [0.25, 0.3) is 9.05 Å². The fraction of sp³-hybridized carbons (Fsp3) is 0.111. The van der Waals surface area contributed by atoms with Crippen LogP contribution in [0.2, 0.25) is 0 Å². The average molecular weight is 271 g/mol. The van der Waals surface area contributed by atoms with Gasteiger partial charge in [0.15, 0.2) is 0 Å². The Kier molecular flexibility index (Phi) is 3.64. The molecule has 1 aromatic rings. The van der Waals surface area contributed by atoms with E-state index in [2.05, 4.69) is 0 Å². The van der Waals surface area contributed by atoms with Gasteiger partial charge in [0, 0.05) is 16.1 Å². The molecule has 7 heteroatoms. The van der Waals surface area contributed by atoms with Gasteiger partial charge in [0.1, 0.15) is 0 Å². The highest BCUT2D eigenvalue weighted by Crippen LogP contribution is 2.29. The molecular weight excluding hydrogens is 265 g/mol. The molecule has 0 aliphatic rings. The van der Waals surface area contributed by atoms with Crippen molar-refractivity contribution in [1.82, 2.24) is 0 Å². The fourth-order valence-electron chi connectivity index (χ4n) is 0.943. The van der Waals surface area contributed by atoms with Crippen molar-refractivity contribution in [3.05, 3.63) is 40.8 Å². The molecule has 0 heterocycles. The van der Waals surface area contributed by atoms with Crippen LogP contribution < -0.4 is 0 Å². The van der Waals surface area contributed by atoms with Crippen molar-refractivity contribution in [3.8, 4) is 0 Å². The lowest BCUT2D eigenvalue weighted by Gasteiger charge is -2.05. The average Bonchev–Trinajstić information content (AvgIpc) is 2.13. The molecule has 1 aromatic carbocycles. The lowest BCUT2D eigenvalue weighted by atomic mass is 10.1. The van der Waals surface area contributed by atoms with Crippen LogP contribution in [0.1, 0.15) is 11.1 Å². The highest BCUT2D eigenvalue weighted by atomic mass is 35.7. The van der Waals surface area contributed by atoms with Gasteiger partial charge in [0.05, 0.1) is 5.56 Å². The second-order valence-electron chi connectivity index (χ2n) is 2.90. The molecule has 0 aliphatic heterocycles. The zero-order valence-corrected chi connectivity index (χ0v) is 9.27. The van der Waals surface area contributed by atoms with Crippen LogP contribution in [0, 0.1) is 0 Å². The molecule has 1 rings (SSSR count). The monoisotopic (exact) mass is 270 g/mol. The van der Waals surface area contributed by atoms with Crippen LogP contribution >= 0.6 is 10.7 Å². The number of hydrogen-bond donors (Lipinski definition) is 0. The van der Waals surface area contributed by atoms with Gasteiger partial charge >= 0.3 is 6.18 Å². The van der Waals surface area contributed by atoms with Gasteiger partial charge in [-0.2, -0.15) is 13.2 Å². The van der Waals surface area contributed by atoms with Crippen LogP contribution in [-0.2, 0) is 15.2 Å². The third-order valence-corrected chi connectivity index (χ3v) is 2.43. The molecule has 0 saturated carbocycles. The Balaban J connectivity index is 2.93. The number of rotatable bonds is 2. The molecule has 0 spiro atoms. The van der Waals surface area contributed by atoms with Crippen molar-refractivity contribution in [3.63, 3.8) is 0 Å². The second-order valence-corrected chi connectivity index (χ2v) is 5.41. The van der Waals surface area contributed by atoms with Crippen molar-refractivity contribution in [2.75, 3.05) is 0 Å². The van der Waals surface area contributed by atoms with E-state index in [4.69, 9.17) is 10.7 Å². The van der Waals surface area contributed by atoms with Crippen molar-refractivity contribution in [2.45, 2.75) is 6.18 Å². The molecule has 0 bridgehead atoms. The summed E-state index contributed by atoms with van der Waals surface area (Å²) in [5, 5.41) is 0.706. The standard InChI is InChI=1S/C9H6ClF3O2S/c10-16(14,15)6-5-7-1-3-8(4-2-7)9(11,12)13/h1-6H. The third kappa shape index (κ3) is 4.24. The smallest absolute Gasteiger partial charge is 0.208 e. The number of hydrogen-bond acceptors (Lipinski definition) is 2. The molecule has 88 valence electrons. The Morgan fingerprint density at radius 1 is 1.12 bits per heavy atom. The summed E-state index contributed by atoms with van der Waals surface area (Å²) < 4.78 is 57.5. The van der Waals surface area contributed by atoms with Gasteiger partial charge in [0.2, 0.25) is 0 Å². The van der Waals surface area contributed by atoms with E-state index >= 15 is 0 Å². The minimum atomic E-state index is -4.40. The number of benzene rings is 1. The van der Waals surface area contributed by atoms with Crippen LogP contribution in [0.25, 0.3) is 6.08 Å².